The van der Waals surface area contributed by atoms with Crippen LogP contribution in [0.15, 0.2) is 36.6 Å². The van der Waals surface area contributed by atoms with E-state index in [1.54, 1.807) is 13.2 Å². The van der Waals surface area contributed by atoms with Crippen LogP contribution in [0.3, 0.4) is 0 Å². The predicted octanol–water partition coefficient (Wildman–Crippen LogP) is 2.74. The number of allylic oxidation sites excluding steroid dienone is 1. The summed E-state index contributed by atoms with van der Waals surface area (Å²) in [6, 6.07) is 9.58. The Morgan fingerprint density at radius 1 is 1.25 bits per heavy atom. The Balaban J connectivity index is 1.61. The van der Waals surface area contributed by atoms with Crippen molar-refractivity contribution in [3.63, 3.8) is 0 Å². The highest BCUT2D eigenvalue weighted by Crippen LogP contribution is 2.37. The largest absolute Gasteiger partial charge is 0.496 e. The van der Waals surface area contributed by atoms with E-state index in [0.717, 1.165) is 12.0 Å². The summed E-state index contributed by atoms with van der Waals surface area (Å²) in [4.78, 5) is 24.1. The first kappa shape index (κ1) is 16.7. The van der Waals surface area contributed by atoms with Crippen LogP contribution in [0.25, 0.3) is 5.57 Å². The third-order valence-electron chi connectivity index (χ3n) is 4.53. The second-order valence-corrected chi connectivity index (χ2v) is 6.09. The van der Waals surface area contributed by atoms with Crippen LogP contribution in [0.1, 0.15) is 31.7 Å². The van der Waals surface area contributed by atoms with Crippen LogP contribution < -0.4 is 0 Å². The molecule has 2 aliphatic rings. The van der Waals surface area contributed by atoms with E-state index < -0.39 is 0 Å². The van der Waals surface area contributed by atoms with Crippen molar-refractivity contribution in [1.82, 2.24) is 0 Å². The van der Waals surface area contributed by atoms with E-state index in [9.17, 15) is 9.59 Å². The topological polar surface area (TPSA) is 61.8 Å². The number of carbonyl (C=O) groups excluding carboxylic acids is 2. The molecule has 1 fully saturated rings. The molecular formula is C19H22O5. The maximum Gasteiger partial charge on any atom is 0.332 e. The Labute approximate surface area is 141 Å². The van der Waals surface area contributed by atoms with Gasteiger partial charge in [0.15, 0.2) is 5.78 Å². The monoisotopic (exact) mass is 330 g/mol. The number of hydrogen-bond acceptors (Lipinski definition) is 5. The second kappa shape index (κ2) is 7.62. The lowest BCUT2D eigenvalue weighted by Crippen LogP contribution is -2.41. The molecule has 0 aromatic heterocycles. The SMILES string of the molecule is CCOC(=O)COC1CCC2C(=O)C(c3ccccc3)=COC2C1. The molecular weight excluding hydrogens is 308 g/mol. The highest BCUT2D eigenvalue weighted by atomic mass is 16.6. The zero-order valence-electron chi connectivity index (χ0n) is 13.8. The molecule has 0 N–H and O–H groups in total. The van der Waals surface area contributed by atoms with Gasteiger partial charge in [-0.1, -0.05) is 30.3 Å². The second-order valence-electron chi connectivity index (χ2n) is 6.09. The minimum atomic E-state index is -0.355. The van der Waals surface area contributed by atoms with Crippen LogP contribution >= 0.6 is 0 Å². The van der Waals surface area contributed by atoms with E-state index in [4.69, 9.17) is 14.2 Å². The lowest BCUT2D eigenvalue weighted by atomic mass is 9.78. The normalized spacial score (nSPS) is 26.1. The summed E-state index contributed by atoms with van der Waals surface area (Å²) < 4.78 is 16.3. The van der Waals surface area contributed by atoms with E-state index in [1.165, 1.54) is 0 Å². The van der Waals surface area contributed by atoms with Gasteiger partial charge in [-0.05, 0) is 25.3 Å². The molecule has 0 spiro atoms. The zero-order valence-corrected chi connectivity index (χ0v) is 13.8. The minimum absolute atomic E-state index is 0.0467. The summed E-state index contributed by atoms with van der Waals surface area (Å²) in [6.07, 6.45) is 3.40. The number of esters is 1. The highest BCUT2D eigenvalue weighted by Gasteiger charge is 2.40. The molecule has 1 aromatic carbocycles. The molecule has 3 rings (SSSR count). The Hall–Kier alpha value is -2.14. The lowest BCUT2D eigenvalue weighted by molar-refractivity contribution is -0.153. The zero-order chi connectivity index (χ0) is 16.9. The molecule has 0 bridgehead atoms. The van der Waals surface area contributed by atoms with E-state index in [-0.39, 0.29) is 36.5 Å². The average molecular weight is 330 g/mol. The van der Waals surface area contributed by atoms with Gasteiger partial charge in [-0.3, -0.25) is 4.79 Å². The van der Waals surface area contributed by atoms with Crippen LogP contribution in [0.5, 0.6) is 0 Å². The number of ketones is 1. The average Bonchev–Trinajstić information content (AvgIpc) is 2.61. The Morgan fingerprint density at radius 3 is 2.79 bits per heavy atom. The number of hydrogen-bond donors (Lipinski definition) is 0. The van der Waals surface area contributed by atoms with Crippen molar-refractivity contribution < 1.29 is 23.8 Å². The maximum atomic E-state index is 12.8. The predicted molar refractivity (Wildman–Crippen MR) is 88.0 cm³/mol. The van der Waals surface area contributed by atoms with Gasteiger partial charge in [-0.25, -0.2) is 4.79 Å². The minimum Gasteiger partial charge on any atom is -0.496 e. The molecule has 1 saturated carbocycles. The van der Waals surface area contributed by atoms with Gasteiger partial charge in [0, 0.05) is 6.42 Å². The number of benzene rings is 1. The Bertz CT molecular complexity index is 622. The van der Waals surface area contributed by atoms with Crippen LogP contribution in [0, 0.1) is 5.92 Å². The fourth-order valence-corrected chi connectivity index (χ4v) is 3.32. The van der Waals surface area contributed by atoms with Crippen molar-refractivity contribution in [2.45, 2.75) is 38.4 Å². The van der Waals surface area contributed by atoms with Gasteiger partial charge in [0.05, 0.1) is 30.5 Å². The molecule has 128 valence electrons. The van der Waals surface area contributed by atoms with Gasteiger partial charge in [0.2, 0.25) is 0 Å². The van der Waals surface area contributed by atoms with Crippen molar-refractivity contribution in [2.24, 2.45) is 5.92 Å². The molecule has 24 heavy (non-hydrogen) atoms. The first-order chi connectivity index (χ1) is 11.7. The molecule has 1 aromatic rings. The fourth-order valence-electron chi connectivity index (χ4n) is 3.32. The fraction of sp³-hybridized carbons (Fsp3) is 0.474. The van der Waals surface area contributed by atoms with Crippen molar-refractivity contribution in [2.75, 3.05) is 13.2 Å². The number of Topliss-reactive ketones (excluding diaryl/α,β-unsaturated/α-hetero) is 1. The maximum absolute atomic E-state index is 12.8. The summed E-state index contributed by atoms with van der Waals surface area (Å²) in [6.45, 7) is 2.07. The van der Waals surface area contributed by atoms with Gasteiger partial charge in [-0.2, -0.15) is 0 Å². The molecule has 3 atom stereocenters. The third kappa shape index (κ3) is 3.67. The summed E-state index contributed by atoms with van der Waals surface area (Å²) in [7, 11) is 0. The van der Waals surface area contributed by atoms with Crippen LogP contribution in [-0.4, -0.2) is 37.2 Å². The van der Waals surface area contributed by atoms with Crippen LogP contribution in [0.2, 0.25) is 0 Å². The van der Waals surface area contributed by atoms with Gasteiger partial charge in [-0.15, -0.1) is 0 Å². The summed E-state index contributed by atoms with van der Waals surface area (Å²) in [5.41, 5.74) is 1.53. The van der Waals surface area contributed by atoms with E-state index in [2.05, 4.69) is 0 Å². The van der Waals surface area contributed by atoms with Crippen LogP contribution in [-0.2, 0) is 23.8 Å². The van der Waals surface area contributed by atoms with E-state index in [0.29, 0.717) is 25.0 Å². The van der Waals surface area contributed by atoms with Gasteiger partial charge in [0.1, 0.15) is 12.7 Å². The molecule has 1 heterocycles. The molecule has 5 heteroatoms. The van der Waals surface area contributed by atoms with E-state index >= 15 is 0 Å². The van der Waals surface area contributed by atoms with Crippen molar-refractivity contribution in [3.8, 4) is 0 Å². The van der Waals surface area contributed by atoms with Gasteiger partial charge >= 0.3 is 5.97 Å². The summed E-state index contributed by atoms with van der Waals surface area (Å²) in [5.74, 6) is -0.347. The summed E-state index contributed by atoms with van der Waals surface area (Å²) >= 11 is 0. The quantitative estimate of drug-likeness (QED) is 0.777. The van der Waals surface area contributed by atoms with Crippen LogP contribution in [0.4, 0.5) is 0 Å². The number of ether oxygens (including phenoxy) is 3. The summed E-state index contributed by atoms with van der Waals surface area (Å²) in [5, 5.41) is 0. The molecule has 5 nitrogen and oxygen atoms in total. The lowest BCUT2D eigenvalue weighted by Gasteiger charge is -2.37. The van der Waals surface area contributed by atoms with Gasteiger partial charge in [0.25, 0.3) is 0 Å². The van der Waals surface area contributed by atoms with Gasteiger partial charge < -0.3 is 14.2 Å². The first-order valence-electron chi connectivity index (χ1n) is 8.41. The Morgan fingerprint density at radius 2 is 2.04 bits per heavy atom. The molecule has 0 radical (unpaired) electrons. The van der Waals surface area contributed by atoms with Crippen molar-refractivity contribution in [3.05, 3.63) is 42.2 Å². The van der Waals surface area contributed by atoms with E-state index in [1.807, 2.05) is 30.3 Å². The smallest absolute Gasteiger partial charge is 0.332 e. The van der Waals surface area contributed by atoms with Crippen molar-refractivity contribution in [1.29, 1.82) is 0 Å². The number of carbonyl (C=O) groups is 2. The van der Waals surface area contributed by atoms with Crippen molar-refractivity contribution >= 4 is 17.3 Å². The molecule has 0 amide bonds. The number of rotatable bonds is 5. The third-order valence-corrected chi connectivity index (χ3v) is 4.53. The standard InChI is InChI=1S/C19H22O5/c1-2-22-18(20)12-23-14-8-9-15-17(10-14)24-11-16(19(15)21)13-6-4-3-5-7-13/h3-7,11,14-15,17H,2,8-10,12H2,1H3. The number of fused-ring (bicyclic) bond motifs is 1. The first-order valence-corrected chi connectivity index (χ1v) is 8.41. The highest BCUT2D eigenvalue weighted by molar-refractivity contribution is 6.22. The Kier molecular flexibility index (Phi) is 5.30. The molecule has 1 aliphatic carbocycles. The molecule has 1 aliphatic heterocycles. The molecule has 3 unspecified atom stereocenters. The molecule has 0 saturated heterocycles.